The first-order valence-corrected chi connectivity index (χ1v) is 10.4. The number of fused-ring (bicyclic) bond motifs is 1. The lowest BCUT2D eigenvalue weighted by Gasteiger charge is -2.42. The third-order valence-electron chi connectivity index (χ3n) is 6.63. The van der Waals surface area contributed by atoms with E-state index in [4.69, 9.17) is 4.74 Å². The Bertz CT molecular complexity index is 817. The Morgan fingerprint density at radius 2 is 1.86 bits per heavy atom. The number of rotatable bonds is 5. The molecule has 1 heterocycles. The molecule has 1 amide bonds. The molecule has 0 spiro atoms. The van der Waals surface area contributed by atoms with Crippen LogP contribution in [0.5, 0.6) is 0 Å². The number of benzene rings is 2. The van der Waals surface area contributed by atoms with Crippen LogP contribution in [0.15, 0.2) is 66.7 Å². The van der Waals surface area contributed by atoms with Crippen molar-refractivity contribution in [2.45, 2.75) is 44.8 Å². The average Bonchev–Trinajstić information content (AvgIpc) is 3.32. The molecule has 2 fully saturated rings. The highest BCUT2D eigenvalue weighted by Gasteiger charge is 2.56. The van der Waals surface area contributed by atoms with Crippen LogP contribution in [-0.4, -0.2) is 23.1 Å². The average molecular weight is 376 g/mol. The normalized spacial score (nSPS) is 25.0. The summed E-state index contributed by atoms with van der Waals surface area (Å²) in [7, 11) is 0. The number of amides is 1. The van der Waals surface area contributed by atoms with Crippen molar-refractivity contribution in [3.05, 3.63) is 77.9 Å². The van der Waals surface area contributed by atoms with Gasteiger partial charge in [-0.1, -0.05) is 86.2 Å². The van der Waals surface area contributed by atoms with Gasteiger partial charge in [-0.2, -0.15) is 0 Å². The van der Waals surface area contributed by atoms with Crippen molar-refractivity contribution < 1.29 is 9.53 Å². The topological polar surface area (TPSA) is 29.5 Å². The third-order valence-corrected chi connectivity index (χ3v) is 6.63. The van der Waals surface area contributed by atoms with Gasteiger partial charge in [0.25, 0.3) is 0 Å². The fraction of sp³-hybridized carbons (Fsp3) is 0.400. The largest absolute Gasteiger partial charge is 0.445 e. The van der Waals surface area contributed by atoms with Crippen LogP contribution >= 0.6 is 0 Å². The van der Waals surface area contributed by atoms with Crippen LogP contribution in [-0.2, 0) is 11.3 Å². The molecule has 28 heavy (non-hydrogen) atoms. The van der Waals surface area contributed by atoms with Gasteiger partial charge >= 0.3 is 6.09 Å². The van der Waals surface area contributed by atoms with Crippen molar-refractivity contribution in [1.29, 1.82) is 0 Å². The Hall–Kier alpha value is -2.55. The highest BCUT2D eigenvalue weighted by atomic mass is 16.6. The van der Waals surface area contributed by atoms with Gasteiger partial charge in [0.1, 0.15) is 6.61 Å². The summed E-state index contributed by atoms with van der Waals surface area (Å²) in [4.78, 5) is 15.1. The van der Waals surface area contributed by atoms with Crippen molar-refractivity contribution in [3.8, 4) is 0 Å². The van der Waals surface area contributed by atoms with E-state index in [1.165, 1.54) is 18.4 Å². The maximum absolute atomic E-state index is 13.0. The van der Waals surface area contributed by atoms with E-state index in [0.29, 0.717) is 18.4 Å². The standard InChI is InChI=1S/C25H29NO2/c1-20(14-15-21-9-4-2-5-10-21)25-17-8-13-23(25)16-18-26(25)24(27)28-19-22-11-6-3-7-12-22/h2-7,9-12,14-15,20,23H,8,13,16-19H2,1H3/b15-14+/t20-,23+,25-/m1/s1. The number of nitrogens with zero attached hydrogens (tertiary/aromatic N) is 1. The number of hydrogen-bond donors (Lipinski definition) is 0. The van der Waals surface area contributed by atoms with Crippen LogP contribution in [0.25, 0.3) is 6.08 Å². The Labute approximate surface area is 168 Å². The molecule has 0 radical (unpaired) electrons. The van der Waals surface area contributed by atoms with Gasteiger partial charge in [0.2, 0.25) is 0 Å². The highest BCUT2D eigenvalue weighted by molar-refractivity contribution is 5.70. The van der Waals surface area contributed by atoms with E-state index in [9.17, 15) is 4.79 Å². The van der Waals surface area contributed by atoms with E-state index >= 15 is 0 Å². The molecule has 0 unspecified atom stereocenters. The van der Waals surface area contributed by atoms with E-state index in [1.807, 2.05) is 41.3 Å². The molecule has 1 saturated heterocycles. The van der Waals surface area contributed by atoms with Gasteiger partial charge in [0.05, 0.1) is 5.54 Å². The van der Waals surface area contributed by atoms with E-state index in [2.05, 4.69) is 43.3 Å². The van der Waals surface area contributed by atoms with Gasteiger partial charge in [0, 0.05) is 6.54 Å². The zero-order valence-corrected chi connectivity index (χ0v) is 16.6. The molecule has 2 aromatic carbocycles. The lowest BCUT2D eigenvalue weighted by atomic mass is 9.77. The highest BCUT2D eigenvalue weighted by Crippen LogP contribution is 2.52. The van der Waals surface area contributed by atoms with Crippen LogP contribution in [0, 0.1) is 11.8 Å². The molecule has 1 aliphatic carbocycles. The predicted molar refractivity (Wildman–Crippen MR) is 113 cm³/mol. The molecule has 3 atom stereocenters. The third kappa shape index (κ3) is 3.58. The number of ether oxygens (including phenoxy) is 1. The zero-order chi connectivity index (χ0) is 19.4. The number of carbonyl (C=O) groups is 1. The molecule has 2 aromatic rings. The number of carbonyl (C=O) groups excluding carboxylic acids is 1. The minimum absolute atomic E-state index is 0.0982. The first-order chi connectivity index (χ1) is 13.7. The van der Waals surface area contributed by atoms with E-state index in [-0.39, 0.29) is 11.6 Å². The maximum Gasteiger partial charge on any atom is 0.410 e. The summed E-state index contributed by atoms with van der Waals surface area (Å²) < 4.78 is 5.72. The lowest BCUT2D eigenvalue weighted by molar-refractivity contribution is 0.0433. The first kappa shape index (κ1) is 18.8. The minimum atomic E-state index is -0.159. The molecule has 0 aromatic heterocycles. The molecular formula is C25H29NO2. The van der Waals surface area contributed by atoms with Crippen molar-refractivity contribution >= 4 is 12.2 Å². The first-order valence-electron chi connectivity index (χ1n) is 10.4. The van der Waals surface area contributed by atoms with E-state index < -0.39 is 0 Å². The fourth-order valence-electron chi connectivity index (χ4n) is 5.22. The molecule has 0 N–H and O–H groups in total. The SMILES string of the molecule is C[C@H](/C=C/c1ccccc1)[C@]12CCC[C@H]1CCN2C(=O)OCc1ccccc1. The predicted octanol–water partition coefficient (Wildman–Crippen LogP) is 5.92. The smallest absolute Gasteiger partial charge is 0.410 e. The summed E-state index contributed by atoms with van der Waals surface area (Å²) in [5.74, 6) is 0.874. The van der Waals surface area contributed by atoms with Crippen LogP contribution < -0.4 is 0 Å². The monoisotopic (exact) mass is 375 g/mol. The summed E-state index contributed by atoms with van der Waals surface area (Å²) in [5, 5.41) is 0. The second-order valence-electron chi connectivity index (χ2n) is 8.12. The van der Waals surface area contributed by atoms with Crippen molar-refractivity contribution in [3.63, 3.8) is 0 Å². The molecule has 146 valence electrons. The minimum Gasteiger partial charge on any atom is -0.445 e. The molecule has 3 heteroatoms. The van der Waals surface area contributed by atoms with Gasteiger partial charge in [-0.25, -0.2) is 4.79 Å². The van der Waals surface area contributed by atoms with E-state index in [0.717, 1.165) is 24.9 Å². The maximum atomic E-state index is 13.0. The second-order valence-corrected chi connectivity index (χ2v) is 8.12. The van der Waals surface area contributed by atoms with Crippen molar-refractivity contribution in [2.24, 2.45) is 11.8 Å². The van der Waals surface area contributed by atoms with E-state index in [1.54, 1.807) is 0 Å². The quantitative estimate of drug-likeness (QED) is 0.649. The summed E-state index contributed by atoms with van der Waals surface area (Å²) in [6.07, 6.45) is 8.88. The van der Waals surface area contributed by atoms with Crippen molar-refractivity contribution in [1.82, 2.24) is 4.90 Å². The zero-order valence-electron chi connectivity index (χ0n) is 16.6. The van der Waals surface area contributed by atoms with Gasteiger partial charge in [-0.05, 0) is 42.2 Å². The lowest BCUT2D eigenvalue weighted by Crippen LogP contribution is -2.52. The molecule has 1 aliphatic heterocycles. The second kappa shape index (κ2) is 8.22. The van der Waals surface area contributed by atoms with Crippen LogP contribution in [0.3, 0.4) is 0 Å². The Kier molecular flexibility index (Phi) is 5.52. The summed E-state index contributed by atoms with van der Waals surface area (Å²) >= 11 is 0. The van der Waals surface area contributed by atoms with Gasteiger partial charge in [-0.15, -0.1) is 0 Å². The summed E-state index contributed by atoms with van der Waals surface area (Å²) in [6, 6.07) is 20.3. The fourth-order valence-corrected chi connectivity index (χ4v) is 5.22. The molecule has 2 aliphatic rings. The molecule has 0 bridgehead atoms. The number of hydrogen-bond acceptors (Lipinski definition) is 2. The molecule has 1 saturated carbocycles. The Balaban J connectivity index is 1.50. The van der Waals surface area contributed by atoms with Gasteiger partial charge in [0.15, 0.2) is 0 Å². The van der Waals surface area contributed by atoms with Crippen LogP contribution in [0.2, 0.25) is 0 Å². The summed E-state index contributed by atoms with van der Waals surface area (Å²) in [5.41, 5.74) is 2.14. The molecular weight excluding hydrogens is 346 g/mol. The Morgan fingerprint density at radius 3 is 2.61 bits per heavy atom. The van der Waals surface area contributed by atoms with Gasteiger partial charge in [-0.3, -0.25) is 0 Å². The van der Waals surface area contributed by atoms with Crippen molar-refractivity contribution in [2.75, 3.05) is 6.54 Å². The Morgan fingerprint density at radius 1 is 1.14 bits per heavy atom. The molecule has 3 nitrogen and oxygen atoms in total. The van der Waals surface area contributed by atoms with Gasteiger partial charge < -0.3 is 9.64 Å². The summed E-state index contributed by atoms with van der Waals surface area (Å²) in [6.45, 7) is 3.41. The molecule has 4 rings (SSSR count). The van der Waals surface area contributed by atoms with Crippen LogP contribution in [0.1, 0.15) is 43.7 Å². The van der Waals surface area contributed by atoms with Crippen LogP contribution in [0.4, 0.5) is 4.79 Å². The number of likely N-dealkylation sites (tertiary alicyclic amines) is 1.